The monoisotopic (exact) mass is 260 g/mol. The zero-order valence-electron chi connectivity index (χ0n) is 11.5. The number of ketones is 1. The van der Waals surface area contributed by atoms with E-state index < -0.39 is 10.2 Å². The van der Waals surface area contributed by atoms with Gasteiger partial charge >= 0.3 is 5.97 Å². The summed E-state index contributed by atoms with van der Waals surface area (Å²) in [5.41, 5.74) is -0.910. The van der Waals surface area contributed by atoms with Gasteiger partial charge < -0.3 is 4.74 Å². The molecule has 1 unspecified atom stereocenters. The van der Waals surface area contributed by atoms with E-state index in [0.29, 0.717) is 13.0 Å². The molecular weight excluding hydrogens is 236 g/mol. The molecule has 0 fully saturated rings. The Morgan fingerprint density at radius 2 is 1.76 bits per heavy atom. The van der Waals surface area contributed by atoms with Crippen LogP contribution in [-0.4, -0.2) is 23.1 Å². The fraction of sp³-hybridized carbons (Fsp3) is 0.846. The largest absolute Gasteiger partial charge is 0.466 e. The lowest BCUT2D eigenvalue weighted by atomic mass is 9.73. The average molecular weight is 260 g/mol. The van der Waals surface area contributed by atoms with E-state index in [1.807, 2.05) is 6.92 Å². The van der Waals surface area contributed by atoms with Crippen LogP contribution in [0.5, 0.6) is 0 Å². The van der Waals surface area contributed by atoms with Gasteiger partial charge in [0.05, 0.1) is 16.8 Å². The maximum absolute atomic E-state index is 12.0. The number of esters is 1. The predicted molar refractivity (Wildman–Crippen MR) is 72.3 cm³/mol. The van der Waals surface area contributed by atoms with Crippen LogP contribution in [0.15, 0.2) is 0 Å². The summed E-state index contributed by atoms with van der Waals surface area (Å²) in [6.07, 6.45) is 2.42. The predicted octanol–water partition coefficient (Wildman–Crippen LogP) is 3.02. The standard InChI is InChI=1S/C13H24O3S/c1-6-8-9-13(17,10(3)14)12(4,5)11(15)16-7-2/h17H,6-9H2,1-5H3. The van der Waals surface area contributed by atoms with Crippen molar-refractivity contribution in [3.05, 3.63) is 0 Å². The first-order valence-electron chi connectivity index (χ1n) is 6.14. The van der Waals surface area contributed by atoms with Crippen molar-refractivity contribution in [2.75, 3.05) is 6.61 Å². The zero-order chi connectivity index (χ0) is 13.7. The molecule has 0 heterocycles. The lowest BCUT2D eigenvalue weighted by molar-refractivity contribution is -0.157. The highest BCUT2D eigenvalue weighted by Gasteiger charge is 2.51. The van der Waals surface area contributed by atoms with Crippen LogP contribution in [0.25, 0.3) is 0 Å². The number of unbranched alkanes of at least 4 members (excludes halogenated alkanes) is 1. The molecule has 0 saturated heterocycles. The van der Waals surface area contributed by atoms with Crippen LogP contribution in [-0.2, 0) is 14.3 Å². The zero-order valence-corrected chi connectivity index (χ0v) is 12.4. The molecule has 0 aliphatic heterocycles. The van der Waals surface area contributed by atoms with E-state index in [4.69, 9.17) is 4.74 Å². The second kappa shape index (κ2) is 6.43. The van der Waals surface area contributed by atoms with Crippen LogP contribution in [0.1, 0.15) is 53.9 Å². The van der Waals surface area contributed by atoms with Crippen molar-refractivity contribution in [3.63, 3.8) is 0 Å². The molecular formula is C13H24O3S. The second-order valence-corrected chi connectivity index (χ2v) is 5.63. The maximum Gasteiger partial charge on any atom is 0.313 e. The lowest BCUT2D eigenvalue weighted by Crippen LogP contribution is -2.51. The number of thiol groups is 1. The second-order valence-electron chi connectivity index (χ2n) is 4.87. The molecule has 0 aromatic carbocycles. The maximum atomic E-state index is 12.0. The van der Waals surface area contributed by atoms with Gasteiger partial charge in [0.15, 0.2) is 0 Å². The Balaban J connectivity index is 5.15. The fourth-order valence-electron chi connectivity index (χ4n) is 1.84. The summed E-state index contributed by atoms with van der Waals surface area (Å²) in [6.45, 7) is 9.07. The SMILES string of the molecule is CCCCC(S)(C(C)=O)C(C)(C)C(=O)OCC. The van der Waals surface area contributed by atoms with Crippen LogP contribution < -0.4 is 0 Å². The van der Waals surface area contributed by atoms with Crippen molar-refractivity contribution < 1.29 is 14.3 Å². The number of hydrogen-bond donors (Lipinski definition) is 1. The van der Waals surface area contributed by atoms with Crippen molar-refractivity contribution in [3.8, 4) is 0 Å². The van der Waals surface area contributed by atoms with Gasteiger partial charge in [-0.15, -0.1) is 0 Å². The van der Waals surface area contributed by atoms with E-state index in [0.717, 1.165) is 12.8 Å². The molecule has 17 heavy (non-hydrogen) atoms. The van der Waals surface area contributed by atoms with Gasteiger partial charge in [-0.1, -0.05) is 19.8 Å². The Bertz CT molecular complexity index is 286. The molecule has 0 rings (SSSR count). The molecule has 0 N–H and O–H groups in total. The normalized spacial score (nSPS) is 15.2. The van der Waals surface area contributed by atoms with Gasteiger partial charge in [0, 0.05) is 0 Å². The third kappa shape index (κ3) is 3.47. The molecule has 0 radical (unpaired) electrons. The average Bonchev–Trinajstić information content (AvgIpc) is 2.25. The molecule has 0 aliphatic carbocycles. The van der Waals surface area contributed by atoms with Crippen molar-refractivity contribution in [1.29, 1.82) is 0 Å². The van der Waals surface area contributed by atoms with Crippen LogP contribution >= 0.6 is 12.6 Å². The minimum atomic E-state index is -0.949. The Morgan fingerprint density at radius 1 is 1.24 bits per heavy atom. The quantitative estimate of drug-likeness (QED) is 0.565. The summed E-state index contributed by atoms with van der Waals surface area (Å²) in [6, 6.07) is 0. The smallest absolute Gasteiger partial charge is 0.313 e. The Hall–Kier alpha value is -0.510. The van der Waals surface area contributed by atoms with Crippen molar-refractivity contribution in [1.82, 2.24) is 0 Å². The van der Waals surface area contributed by atoms with Crippen LogP contribution in [0.2, 0.25) is 0 Å². The van der Waals surface area contributed by atoms with Crippen LogP contribution in [0.4, 0.5) is 0 Å². The van der Waals surface area contributed by atoms with Gasteiger partial charge in [0.1, 0.15) is 5.78 Å². The summed E-state index contributed by atoms with van der Waals surface area (Å²) in [5.74, 6) is -0.436. The van der Waals surface area contributed by atoms with Gasteiger partial charge in [-0.2, -0.15) is 12.6 Å². The highest BCUT2D eigenvalue weighted by Crippen LogP contribution is 2.42. The molecule has 100 valence electrons. The molecule has 3 nitrogen and oxygen atoms in total. The van der Waals surface area contributed by atoms with Gasteiger partial charge in [0.2, 0.25) is 0 Å². The fourth-order valence-corrected chi connectivity index (χ4v) is 2.09. The minimum absolute atomic E-state index is 0.0765. The Labute approximate surface area is 110 Å². The molecule has 0 aromatic heterocycles. The summed E-state index contributed by atoms with van der Waals surface area (Å²) in [4.78, 5) is 23.8. The molecule has 0 aliphatic rings. The first kappa shape index (κ1) is 16.5. The number of hydrogen-bond acceptors (Lipinski definition) is 4. The highest BCUT2D eigenvalue weighted by atomic mass is 32.1. The Kier molecular flexibility index (Phi) is 6.24. The van der Waals surface area contributed by atoms with E-state index in [1.54, 1.807) is 20.8 Å². The van der Waals surface area contributed by atoms with E-state index in [-0.39, 0.29) is 11.8 Å². The van der Waals surface area contributed by atoms with E-state index in [9.17, 15) is 9.59 Å². The molecule has 0 spiro atoms. The summed E-state index contributed by atoms with van der Waals surface area (Å²) in [5, 5.41) is 0. The number of ether oxygens (including phenoxy) is 1. The van der Waals surface area contributed by atoms with Crippen molar-refractivity contribution >= 4 is 24.4 Å². The molecule has 0 bridgehead atoms. The van der Waals surface area contributed by atoms with E-state index in [2.05, 4.69) is 12.6 Å². The molecule has 1 atom stereocenters. The number of carbonyl (C=O) groups excluding carboxylic acids is 2. The summed E-state index contributed by atoms with van der Waals surface area (Å²) < 4.78 is 4.09. The summed E-state index contributed by atoms with van der Waals surface area (Å²) >= 11 is 4.51. The van der Waals surface area contributed by atoms with E-state index >= 15 is 0 Å². The third-order valence-corrected chi connectivity index (χ3v) is 4.39. The molecule has 4 heteroatoms. The minimum Gasteiger partial charge on any atom is -0.466 e. The van der Waals surface area contributed by atoms with Gasteiger partial charge in [-0.05, 0) is 34.1 Å². The first-order valence-corrected chi connectivity index (χ1v) is 6.59. The molecule has 0 amide bonds. The molecule has 0 saturated carbocycles. The first-order chi connectivity index (χ1) is 7.74. The number of Topliss-reactive ketones (excluding diaryl/α,β-unsaturated/α-hetero) is 1. The van der Waals surface area contributed by atoms with Gasteiger partial charge in [-0.25, -0.2) is 0 Å². The van der Waals surface area contributed by atoms with E-state index in [1.165, 1.54) is 6.92 Å². The van der Waals surface area contributed by atoms with Crippen molar-refractivity contribution in [2.45, 2.75) is 58.6 Å². The highest BCUT2D eigenvalue weighted by molar-refractivity contribution is 7.82. The number of rotatable bonds is 7. The number of carbonyl (C=O) groups is 2. The van der Waals surface area contributed by atoms with Crippen LogP contribution in [0.3, 0.4) is 0 Å². The van der Waals surface area contributed by atoms with Crippen LogP contribution in [0, 0.1) is 5.41 Å². The Morgan fingerprint density at radius 3 is 2.12 bits per heavy atom. The third-order valence-electron chi connectivity index (χ3n) is 3.29. The van der Waals surface area contributed by atoms with Gasteiger partial charge in [-0.3, -0.25) is 9.59 Å². The summed E-state index contributed by atoms with van der Waals surface area (Å²) in [7, 11) is 0. The van der Waals surface area contributed by atoms with Gasteiger partial charge in [0.25, 0.3) is 0 Å². The topological polar surface area (TPSA) is 43.4 Å². The van der Waals surface area contributed by atoms with Crippen molar-refractivity contribution in [2.24, 2.45) is 5.41 Å². The lowest BCUT2D eigenvalue weighted by Gasteiger charge is -2.39. The molecule has 0 aromatic rings.